The molecule has 4 unspecified atom stereocenters. The fraction of sp³-hybridized carbons (Fsp3) is 0.294. The van der Waals surface area contributed by atoms with Crippen LogP contribution in [0.25, 0.3) is 11.0 Å². The molecule has 8 rings (SSSR count). The van der Waals surface area contributed by atoms with Crippen molar-refractivity contribution in [2.75, 3.05) is 6.54 Å². The second-order valence-electron chi connectivity index (χ2n) is 12.1. The van der Waals surface area contributed by atoms with Crippen LogP contribution in [-0.4, -0.2) is 43.1 Å². The van der Waals surface area contributed by atoms with E-state index in [1.807, 2.05) is 24.4 Å². The van der Waals surface area contributed by atoms with Crippen LogP contribution in [0.15, 0.2) is 66.3 Å². The first-order chi connectivity index (χ1) is 21.8. The van der Waals surface area contributed by atoms with E-state index in [1.165, 1.54) is 6.07 Å². The molecule has 0 spiro atoms. The van der Waals surface area contributed by atoms with Crippen molar-refractivity contribution in [3.63, 3.8) is 0 Å². The van der Waals surface area contributed by atoms with Gasteiger partial charge in [0.1, 0.15) is 11.6 Å². The lowest BCUT2D eigenvalue weighted by molar-refractivity contribution is -0.0712. The van der Waals surface area contributed by atoms with Crippen molar-refractivity contribution in [1.29, 1.82) is 5.26 Å². The number of rotatable bonds is 7. The van der Waals surface area contributed by atoms with Crippen LogP contribution in [0.2, 0.25) is 0 Å². The van der Waals surface area contributed by atoms with Crippen molar-refractivity contribution in [2.24, 2.45) is 5.92 Å². The van der Waals surface area contributed by atoms with Gasteiger partial charge in [0.15, 0.2) is 11.5 Å². The summed E-state index contributed by atoms with van der Waals surface area (Å²) < 4.78 is 29.8. The summed E-state index contributed by atoms with van der Waals surface area (Å²) in [6.07, 6.45) is 3.81. The number of carboxylic acid groups (broad SMARTS) is 1. The molecule has 4 atom stereocenters. The van der Waals surface area contributed by atoms with Crippen molar-refractivity contribution < 1.29 is 23.8 Å². The normalized spacial score (nSPS) is 23.5. The summed E-state index contributed by atoms with van der Waals surface area (Å²) >= 11 is 1.57. The molecule has 0 radical (unpaired) electrons. The average molecular weight is 622 g/mol. The van der Waals surface area contributed by atoms with Gasteiger partial charge in [-0.15, -0.1) is 11.3 Å². The molecule has 3 aromatic carbocycles. The van der Waals surface area contributed by atoms with Gasteiger partial charge in [0.2, 0.25) is 0 Å². The summed E-state index contributed by atoms with van der Waals surface area (Å²) in [6, 6.07) is 17.7. The number of carboxylic acids is 1. The highest BCUT2D eigenvalue weighted by molar-refractivity contribution is 7.09. The summed E-state index contributed by atoms with van der Waals surface area (Å²) in [6.45, 7) is 3.81. The Labute approximate surface area is 262 Å². The Hall–Kier alpha value is -4.79. The molecule has 1 saturated heterocycles. The summed E-state index contributed by atoms with van der Waals surface area (Å²) in [5.41, 5.74) is 5.19. The first kappa shape index (κ1) is 27.7. The Morgan fingerprint density at radius 2 is 2.09 bits per heavy atom. The van der Waals surface area contributed by atoms with Gasteiger partial charge in [-0.2, -0.15) is 5.26 Å². The number of hydrogen-bond donors (Lipinski definition) is 1. The van der Waals surface area contributed by atoms with Crippen molar-refractivity contribution in [3.8, 4) is 17.6 Å². The number of nitriles is 1. The molecular weight excluding hydrogens is 593 g/mol. The Bertz CT molecular complexity index is 2020. The van der Waals surface area contributed by atoms with Crippen molar-refractivity contribution in [3.05, 3.63) is 105 Å². The Balaban J connectivity index is 1.04. The maximum Gasteiger partial charge on any atom is 0.335 e. The number of likely N-dealkylation sites (tertiary alicyclic amines) is 1. The second-order valence-corrected chi connectivity index (χ2v) is 13.0. The smallest absolute Gasteiger partial charge is 0.335 e. The number of imidazole rings is 1. The van der Waals surface area contributed by atoms with E-state index in [1.54, 1.807) is 54.1 Å². The van der Waals surface area contributed by atoms with Gasteiger partial charge in [-0.05, 0) is 73.7 Å². The summed E-state index contributed by atoms with van der Waals surface area (Å²) in [5, 5.41) is 18.8. The predicted octanol–water partition coefficient (Wildman–Crippen LogP) is 6.27. The number of nitrogens with zero attached hydrogens (tertiary/aromatic N) is 5. The fourth-order valence-corrected chi connectivity index (χ4v) is 7.67. The molecule has 3 aliphatic rings. The lowest BCUT2D eigenvalue weighted by Gasteiger charge is -2.32. The zero-order chi connectivity index (χ0) is 30.9. The fourth-order valence-electron chi connectivity index (χ4n) is 7.08. The number of para-hydroxylation sites is 1. The molecule has 1 N–H and O–H groups in total. The monoisotopic (exact) mass is 621 g/mol. The maximum absolute atomic E-state index is 15.0. The highest BCUT2D eigenvalue weighted by Crippen LogP contribution is 2.57. The molecule has 45 heavy (non-hydrogen) atoms. The van der Waals surface area contributed by atoms with Crippen LogP contribution < -0.4 is 9.47 Å². The van der Waals surface area contributed by atoms with Gasteiger partial charge in [-0.3, -0.25) is 9.88 Å². The van der Waals surface area contributed by atoms with Gasteiger partial charge >= 0.3 is 5.97 Å². The predicted molar refractivity (Wildman–Crippen MR) is 164 cm³/mol. The summed E-state index contributed by atoms with van der Waals surface area (Å²) in [7, 11) is 0. The molecule has 1 aliphatic carbocycles. The van der Waals surface area contributed by atoms with Crippen LogP contribution in [0.1, 0.15) is 63.4 Å². The Morgan fingerprint density at radius 1 is 1.20 bits per heavy atom. The van der Waals surface area contributed by atoms with E-state index in [0.717, 1.165) is 46.7 Å². The standard InChI is InChI=1S/C34H28FN5O4S/c1-34(25-7-5-19(14-36)11-26(25)35)43-30-4-2-3-23(32(30)44-34)22-9-10-39(28-13-24(22)28)17-31-38-27-8-6-20(33(41)42)12-29(27)40(31)16-21-15-37-18-45-21/h2-8,11-12,15,18,22,24,28H,9-10,13,16-17H2,1H3,(H,41,42). The van der Waals surface area contributed by atoms with Crippen LogP contribution in [0.5, 0.6) is 11.5 Å². The average Bonchev–Trinajstić information content (AvgIpc) is 3.34. The van der Waals surface area contributed by atoms with Crippen LogP contribution in [-0.2, 0) is 18.9 Å². The molecular formula is C34H28FN5O4S. The first-order valence-corrected chi connectivity index (χ1v) is 15.7. The van der Waals surface area contributed by atoms with E-state index in [2.05, 4.69) is 20.5 Å². The van der Waals surface area contributed by atoms with Crippen LogP contribution in [0.3, 0.4) is 0 Å². The molecule has 2 aromatic heterocycles. The van der Waals surface area contributed by atoms with Crippen molar-refractivity contribution in [1.82, 2.24) is 19.4 Å². The molecule has 0 amide bonds. The number of halogens is 1. The van der Waals surface area contributed by atoms with Gasteiger partial charge in [0.05, 0.1) is 52.4 Å². The minimum Gasteiger partial charge on any atom is -0.478 e. The van der Waals surface area contributed by atoms with E-state index in [-0.39, 0.29) is 22.6 Å². The second kappa shape index (κ2) is 10.4. The molecule has 0 bridgehead atoms. The van der Waals surface area contributed by atoms with E-state index in [9.17, 15) is 9.90 Å². The number of thiazole rings is 1. The minimum atomic E-state index is -1.34. The largest absolute Gasteiger partial charge is 0.478 e. The topological polar surface area (TPSA) is 114 Å². The maximum atomic E-state index is 15.0. The summed E-state index contributed by atoms with van der Waals surface area (Å²) in [4.78, 5) is 24.5. The number of hydrogen-bond acceptors (Lipinski definition) is 8. The third kappa shape index (κ3) is 4.72. The number of benzene rings is 3. The Morgan fingerprint density at radius 3 is 2.87 bits per heavy atom. The zero-order valence-corrected chi connectivity index (χ0v) is 25.1. The summed E-state index contributed by atoms with van der Waals surface area (Å²) in [5.74, 6) is 0.0278. The van der Waals surface area contributed by atoms with Crippen molar-refractivity contribution >= 4 is 28.3 Å². The van der Waals surface area contributed by atoms with E-state index >= 15 is 4.39 Å². The number of aromatic nitrogens is 3. The van der Waals surface area contributed by atoms with E-state index in [4.69, 9.17) is 19.7 Å². The third-order valence-electron chi connectivity index (χ3n) is 9.33. The highest BCUT2D eigenvalue weighted by atomic mass is 32.1. The van der Waals surface area contributed by atoms with Crippen LogP contribution in [0.4, 0.5) is 4.39 Å². The van der Waals surface area contributed by atoms with Gasteiger partial charge in [-0.25, -0.2) is 14.2 Å². The quantitative estimate of drug-likeness (QED) is 0.226. The third-order valence-corrected chi connectivity index (χ3v) is 10.1. The van der Waals surface area contributed by atoms with E-state index in [0.29, 0.717) is 36.5 Å². The van der Waals surface area contributed by atoms with Gasteiger partial charge < -0.3 is 19.1 Å². The van der Waals surface area contributed by atoms with Gasteiger partial charge in [-0.1, -0.05) is 12.1 Å². The number of ether oxygens (including phenoxy) is 2. The number of piperidine rings is 1. The molecule has 1 saturated carbocycles. The zero-order valence-electron chi connectivity index (χ0n) is 24.3. The molecule has 2 aliphatic heterocycles. The van der Waals surface area contributed by atoms with Crippen LogP contribution in [0, 0.1) is 23.1 Å². The molecule has 9 nitrogen and oxygen atoms in total. The SMILES string of the molecule is CC1(c2ccc(C#N)cc2F)Oc2cccc(C3CCN(Cc4nc5ccc(C(=O)O)cc5n4Cc4cncs4)C4CC34)c2O1. The number of carbonyl (C=O) groups is 1. The van der Waals surface area contributed by atoms with Gasteiger partial charge in [0, 0.05) is 29.6 Å². The minimum absolute atomic E-state index is 0.238. The lowest BCUT2D eigenvalue weighted by atomic mass is 9.87. The molecule has 226 valence electrons. The first-order valence-electron chi connectivity index (χ1n) is 14.9. The Kier molecular flexibility index (Phi) is 6.41. The van der Waals surface area contributed by atoms with E-state index < -0.39 is 17.6 Å². The molecule has 11 heteroatoms. The highest BCUT2D eigenvalue weighted by Gasteiger charge is 2.52. The molecule has 2 fully saturated rings. The van der Waals surface area contributed by atoms with Crippen LogP contribution >= 0.6 is 11.3 Å². The lowest BCUT2D eigenvalue weighted by Crippen LogP contribution is -2.35. The number of aromatic carboxylic acids is 1. The van der Waals surface area contributed by atoms with Crippen molar-refractivity contribution in [2.45, 2.75) is 50.6 Å². The number of fused-ring (bicyclic) bond motifs is 3. The van der Waals surface area contributed by atoms with Gasteiger partial charge in [0.25, 0.3) is 5.79 Å². The molecule has 5 aromatic rings. The molecule has 4 heterocycles.